The summed E-state index contributed by atoms with van der Waals surface area (Å²) in [6.45, 7) is 5.40. The minimum atomic E-state index is -0.710. The van der Waals surface area contributed by atoms with Crippen LogP contribution in [0.4, 0.5) is 10.1 Å². The van der Waals surface area contributed by atoms with E-state index in [1.165, 1.54) is 12.1 Å². The zero-order valence-electron chi connectivity index (χ0n) is 20.9. The number of amides is 2. The zero-order valence-corrected chi connectivity index (χ0v) is 20.9. The van der Waals surface area contributed by atoms with Crippen molar-refractivity contribution in [3.05, 3.63) is 77.4 Å². The van der Waals surface area contributed by atoms with E-state index in [9.17, 15) is 14.0 Å². The van der Waals surface area contributed by atoms with Crippen molar-refractivity contribution < 1.29 is 18.7 Å². The highest BCUT2D eigenvalue weighted by Gasteiger charge is 2.66. The molecule has 0 bridgehead atoms. The molecule has 1 aliphatic heterocycles. The predicted octanol–water partition coefficient (Wildman–Crippen LogP) is 4.30. The third-order valence-electron chi connectivity index (χ3n) is 7.20. The minimum absolute atomic E-state index is 0.0434. The predicted molar refractivity (Wildman–Crippen MR) is 134 cm³/mol. The SMILES string of the molecule is CCCn1nc(C)cc1CN(C)C(=O)CN1C(=O)[C@@]2(COc3ccc(F)cc3)C[C@H]2c2ccccc21. The topological polar surface area (TPSA) is 67.7 Å². The van der Waals surface area contributed by atoms with Gasteiger partial charge in [-0.3, -0.25) is 14.3 Å². The summed E-state index contributed by atoms with van der Waals surface area (Å²) in [6.07, 6.45) is 1.62. The normalized spacial score (nSPS) is 20.1. The number of carbonyl (C=O) groups excluding carboxylic acids is 2. The second-order valence-electron chi connectivity index (χ2n) is 9.86. The quantitative estimate of drug-likeness (QED) is 0.449. The number of anilines is 1. The molecule has 0 unspecified atom stereocenters. The van der Waals surface area contributed by atoms with Crippen LogP contribution in [0.1, 0.15) is 42.6 Å². The number of aryl methyl sites for hydroxylation is 2. The Morgan fingerprint density at radius 1 is 1.22 bits per heavy atom. The van der Waals surface area contributed by atoms with Crippen LogP contribution in [0.5, 0.6) is 5.75 Å². The molecule has 2 aliphatic rings. The molecular formula is C28H31FN4O3. The van der Waals surface area contributed by atoms with Crippen molar-refractivity contribution in [1.82, 2.24) is 14.7 Å². The average molecular weight is 491 g/mol. The number of ether oxygens (including phenoxy) is 1. The maximum atomic E-state index is 13.8. The highest BCUT2D eigenvalue weighted by atomic mass is 19.1. The maximum Gasteiger partial charge on any atom is 0.242 e. The first-order valence-corrected chi connectivity index (χ1v) is 12.4. The highest BCUT2D eigenvalue weighted by Crippen LogP contribution is 2.65. The van der Waals surface area contributed by atoms with Gasteiger partial charge >= 0.3 is 0 Å². The summed E-state index contributed by atoms with van der Waals surface area (Å²) in [7, 11) is 1.76. The lowest BCUT2D eigenvalue weighted by Crippen LogP contribution is -2.48. The Hall–Kier alpha value is -3.68. The van der Waals surface area contributed by atoms with E-state index in [-0.39, 0.29) is 36.7 Å². The third-order valence-corrected chi connectivity index (χ3v) is 7.20. The summed E-state index contributed by atoms with van der Waals surface area (Å²) in [5.74, 6) is -0.00795. The van der Waals surface area contributed by atoms with Gasteiger partial charge in [0.1, 0.15) is 24.7 Å². The van der Waals surface area contributed by atoms with Gasteiger partial charge in [-0.15, -0.1) is 0 Å². The van der Waals surface area contributed by atoms with Gasteiger partial charge < -0.3 is 14.5 Å². The number of hydrogen-bond donors (Lipinski definition) is 0. The van der Waals surface area contributed by atoms with Crippen molar-refractivity contribution in [1.29, 1.82) is 0 Å². The first kappa shape index (κ1) is 24.0. The van der Waals surface area contributed by atoms with Gasteiger partial charge in [0, 0.05) is 25.2 Å². The molecule has 2 aromatic carbocycles. The van der Waals surface area contributed by atoms with Crippen LogP contribution in [0.3, 0.4) is 0 Å². The summed E-state index contributed by atoms with van der Waals surface area (Å²) >= 11 is 0. The Bertz CT molecular complexity index is 1290. The molecule has 36 heavy (non-hydrogen) atoms. The molecule has 0 spiro atoms. The lowest BCUT2D eigenvalue weighted by Gasteiger charge is -2.34. The summed E-state index contributed by atoms with van der Waals surface area (Å²) < 4.78 is 21.1. The van der Waals surface area contributed by atoms with E-state index >= 15 is 0 Å². The first-order valence-electron chi connectivity index (χ1n) is 12.4. The molecule has 1 aliphatic carbocycles. The van der Waals surface area contributed by atoms with Crippen LogP contribution in [-0.4, -0.2) is 46.7 Å². The molecule has 2 atom stereocenters. The Morgan fingerprint density at radius 2 is 1.97 bits per heavy atom. The number of rotatable bonds is 9. The standard InChI is InChI=1S/C28H31FN4O3/c1-4-13-33-21(14-19(2)30-33)16-31(3)26(34)17-32-25-8-6-5-7-23(25)24-15-28(24,27(32)35)18-36-22-11-9-20(29)10-12-22/h5-12,14,24H,4,13,15-18H2,1-3H3/t24-,28+/m0/s1. The monoisotopic (exact) mass is 490 g/mol. The lowest BCUT2D eigenvalue weighted by atomic mass is 9.92. The fraction of sp³-hybridized carbons (Fsp3) is 0.393. The molecule has 0 saturated heterocycles. The van der Waals surface area contributed by atoms with E-state index in [2.05, 4.69) is 12.0 Å². The molecule has 1 fully saturated rings. The van der Waals surface area contributed by atoms with Crippen molar-refractivity contribution >= 4 is 17.5 Å². The van der Waals surface area contributed by atoms with Gasteiger partial charge in [-0.2, -0.15) is 5.10 Å². The molecular weight excluding hydrogens is 459 g/mol. The molecule has 2 heterocycles. The molecule has 0 N–H and O–H groups in total. The number of nitrogens with zero attached hydrogens (tertiary/aromatic N) is 4. The Morgan fingerprint density at radius 3 is 2.72 bits per heavy atom. The number of likely N-dealkylation sites (N-methyl/N-ethyl adjacent to an activating group) is 1. The number of fused-ring (bicyclic) bond motifs is 3. The van der Waals surface area contributed by atoms with Crippen molar-refractivity contribution in [3.63, 3.8) is 0 Å². The van der Waals surface area contributed by atoms with Gasteiger partial charge in [0.2, 0.25) is 11.8 Å². The molecule has 1 saturated carbocycles. The third kappa shape index (κ3) is 4.36. The van der Waals surface area contributed by atoms with E-state index in [0.29, 0.717) is 18.7 Å². The molecule has 7 nitrogen and oxygen atoms in total. The van der Waals surface area contributed by atoms with Crippen LogP contribution >= 0.6 is 0 Å². The average Bonchev–Trinajstić information content (AvgIpc) is 3.52. The number of benzene rings is 2. The smallest absolute Gasteiger partial charge is 0.242 e. The molecule has 8 heteroatoms. The Labute approximate surface area is 210 Å². The van der Waals surface area contributed by atoms with E-state index in [1.807, 2.05) is 41.9 Å². The summed E-state index contributed by atoms with van der Waals surface area (Å²) in [6, 6.07) is 15.6. The number of para-hydroxylation sites is 1. The van der Waals surface area contributed by atoms with Crippen molar-refractivity contribution in [3.8, 4) is 5.75 Å². The van der Waals surface area contributed by atoms with Gasteiger partial charge in [-0.1, -0.05) is 25.1 Å². The van der Waals surface area contributed by atoms with Crippen LogP contribution in [0.2, 0.25) is 0 Å². The minimum Gasteiger partial charge on any atom is -0.492 e. The van der Waals surface area contributed by atoms with Crippen LogP contribution < -0.4 is 9.64 Å². The van der Waals surface area contributed by atoms with Crippen molar-refractivity contribution in [2.24, 2.45) is 5.41 Å². The Kier molecular flexibility index (Phi) is 6.28. The van der Waals surface area contributed by atoms with E-state index in [1.54, 1.807) is 29.0 Å². The number of carbonyl (C=O) groups is 2. The van der Waals surface area contributed by atoms with E-state index in [4.69, 9.17) is 4.74 Å². The summed E-state index contributed by atoms with van der Waals surface area (Å²) in [4.78, 5) is 30.4. The van der Waals surface area contributed by atoms with E-state index in [0.717, 1.165) is 35.6 Å². The molecule has 5 rings (SSSR count). The second-order valence-corrected chi connectivity index (χ2v) is 9.86. The molecule has 1 aromatic heterocycles. The fourth-order valence-electron chi connectivity index (χ4n) is 5.20. The first-order chi connectivity index (χ1) is 17.3. The van der Waals surface area contributed by atoms with Crippen LogP contribution in [-0.2, 0) is 22.7 Å². The lowest BCUT2D eigenvalue weighted by molar-refractivity contribution is -0.132. The fourth-order valence-corrected chi connectivity index (χ4v) is 5.20. The van der Waals surface area contributed by atoms with Crippen LogP contribution in [0.25, 0.3) is 0 Å². The summed E-state index contributed by atoms with van der Waals surface area (Å²) in [5, 5.41) is 4.52. The number of halogens is 1. The zero-order chi connectivity index (χ0) is 25.4. The van der Waals surface area contributed by atoms with Gasteiger partial charge in [-0.05, 0) is 61.7 Å². The van der Waals surface area contributed by atoms with Gasteiger partial charge in [0.25, 0.3) is 0 Å². The summed E-state index contributed by atoms with van der Waals surface area (Å²) in [5.41, 5.74) is 3.03. The molecule has 188 valence electrons. The van der Waals surface area contributed by atoms with Gasteiger partial charge in [-0.25, -0.2) is 4.39 Å². The molecule has 0 radical (unpaired) electrons. The highest BCUT2D eigenvalue weighted by molar-refractivity contribution is 6.07. The Balaban J connectivity index is 1.33. The van der Waals surface area contributed by atoms with Crippen molar-refractivity contribution in [2.45, 2.75) is 45.7 Å². The number of hydrogen-bond acceptors (Lipinski definition) is 4. The van der Waals surface area contributed by atoms with Crippen molar-refractivity contribution in [2.75, 3.05) is 25.1 Å². The van der Waals surface area contributed by atoms with Gasteiger partial charge in [0.15, 0.2) is 0 Å². The molecule has 2 amide bonds. The largest absolute Gasteiger partial charge is 0.492 e. The number of aromatic nitrogens is 2. The van der Waals surface area contributed by atoms with Gasteiger partial charge in [0.05, 0.1) is 23.3 Å². The van der Waals surface area contributed by atoms with Crippen LogP contribution in [0.15, 0.2) is 54.6 Å². The van der Waals surface area contributed by atoms with E-state index < -0.39 is 5.41 Å². The maximum absolute atomic E-state index is 13.8. The molecule has 3 aromatic rings. The second kappa shape index (κ2) is 9.41. The van der Waals surface area contributed by atoms with Crippen LogP contribution in [0, 0.1) is 18.2 Å².